The molecule has 0 bridgehead atoms. The molecule has 0 amide bonds. The summed E-state index contributed by atoms with van der Waals surface area (Å²) in [6, 6.07) is 0. The van der Waals surface area contributed by atoms with Gasteiger partial charge in [0, 0.05) is 0 Å². The first kappa shape index (κ1) is 13.0. The van der Waals surface area contributed by atoms with Gasteiger partial charge < -0.3 is 14.8 Å². The second-order valence-corrected chi connectivity index (χ2v) is 4.18. The number of fused-ring (bicyclic) bond motifs is 1. The fourth-order valence-electron chi connectivity index (χ4n) is 0.766. The van der Waals surface area contributed by atoms with E-state index in [0.717, 1.165) is 5.52 Å². The third-order valence-corrected chi connectivity index (χ3v) is 2.67. The summed E-state index contributed by atoms with van der Waals surface area (Å²) in [6.45, 7) is 0. The Morgan fingerprint density at radius 3 is 2.44 bits per heavy atom. The van der Waals surface area contributed by atoms with E-state index in [2.05, 4.69) is 24.2 Å². The first-order chi connectivity index (χ1) is 7.59. The van der Waals surface area contributed by atoms with E-state index < -0.39 is 16.5 Å². The Bertz CT molecular complexity index is 460. The summed E-state index contributed by atoms with van der Waals surface area (Å²) in [5.74, 6) is 0. The average molecular weight is 266 g/mol. The van der Waals surface area contributed by atoms with Crippen LogP contribution in [0.5, 0.6) is 0 Å². The molecule has 2 aromatic rings. The second-order valence-electron chi connectivity index (χ2n) is 2.30. The number of imidazole rings is 1. The highest BCUT2D eigenvalue weighted by Gasteiger charge is 1.93. The fraction of sp³-hybridized carbons (Fsp3) is 0. The summed E-state index contributed by atoms with van der Waals surface area (Å²) < 4.78 is 22.3. The molecule has 9 nitrogen and oxygen atoms in total. The molecule has 0 radical (unpaired) electrons. The van der Waals surface area contributed by atoms with Gasteiger partial charge in [-0.3, -0.25) is 9.13 Å². The third-order valence-electron chi connectivity index (χ3n) is 1.27. The van der Waals surface area contributed by atoms with E-state index in [1.54, 1.807) is 12.5 Å². The van der Waals surface area contributed by atoms with Gasteiger partial charge in [0.1, 0.15) is 11.8 Å². The number of hydrogen-bond donors (Lipinski definition) is 3. The van der Waals surface area contributed by atoms with Crippen LogP contribution in [0.1, 0.15) is 0 Å². The van der Waals surface area contributed by atoms with Gasteiger partial charge in [-0.1, -0.05) is 0 Å². The van der Waals surface area contributed by atoms with Gasteiger partial charge in [0.15, 0.2) is 5.65 Å². The Balaban J connectivity index is 0.000000168. The van der Waals surface area contributed by atoms with Crippen molar-refractivity contribution in [3.8, 4) is 0 Å². The highest BCUT2D eigenvalue weighted by Crippen LogP contribution is 2.30. The largest absolute Gasteiger partial charge is 0.342 e. The monoisotopic (exact) mass is 266 g/mol. The fourth-order valence-corrected chi connectivity index (χ4v) is 1.36. The first-order valence-electron chi connectivity index (χ1n) is 3.82. The number of hydrogen-bond acceptors (Lipinski definition) is 6. The second kappa shape index (κ2) is 6.47. The summed E-state index contributed by atoms with van der Waals surface area (Å²) in [5, 5.41) is 0. The van der Waals surface area contributed by atoms with Gasteiger partial charge in [0.25, 0.3) is 0 Å². The number of H-pyrrole nitrogens is 1. The molecule has 3 N–H and O–H groups in total. The molecule has 2 aromatic heterocycles. The van der Waals surface area contributed by atoms with Crippen LogP contribution in [-0.4, -0.2) is 29.7 Å². The number of aromatic amines is 1. The van der Waals surface area contributed by atoms with Crippen molar-refractivity contribution in [2.24, 2.45) is 0 Å². The van der Waals surface area contributed by atoms with E-state index >= 15 is 0 Å². The van der Waals surface area contributed by atoms with Crippen molar-refractivity contribution in [2.45, 2.75) is 0 Å². The van der Waals surface area contributed by atoms with Gasteiger partial charge >= 0.3 is 16.5 Å². The zero-order valence-corrected chi connectivity index (χ0v) is 9.69. The predicted octanol–water partition coefficient (Wildman–Crippen LogP) is 0.120. The topological polar surface area (TPSA) is 138 Å². The van der Waals surface area contributed by atoms with Crippen LogP contribution in [0.2, 0.25) is 0 Å². The van der Waals surface area contributed by atoms with E-state index in [9.17, 15) is 9.13 Å². The molecular formula is C5H8N4O5P2. The summed E-state index contributed by atoms with van der Waals surface area (Å²) in [4.78, 5) is 29.9. The maximum absolute atomic E-state index is 9.44. The van der Waals surface area contributed by atoms with E-state index in [1.165, 1.54) is 6.33 Å². The van der Waals surface area contributed by atoms with Crippen molar-refractivity contribution in [1.82, 2.24) is 19.9 Å². The van der Waals surface area contributed by atoms with Gasteiger partial charge in [0.05, 0.1) is 12.5 Å². The van der Waals surface area contributed by atoms with Crippen LogP contribution < -0.4 is 0 Å². The van der Waals surface area contributed by atoms with Crippen LogP contribution in [0.25, 0.3) is 11.2 Å². The Morgan fingerprint density at radius 2 is 1.94 bits per heavy atom. The minimum absolute atomic E-state index is 0.713. The van der Waals surface area contributed by atoms with Gasteiger partial charge in [-0.15, -0.1) is 0 Å². The number of nitrogens with zero attached hydrogens (tertiary/aromatic N) is 3. The number of nitrogens with one attached hydrogen (secondary N) is 1. The molecule has 0 saturated heterocycles. The van der Waals surface area contributed by atoms with Crippen molar-refractivity contribution in [3.05, 3.63) is 18.9 Å². The summed E-state index contributed by atoms with van der Waals surface area (Å²) in [5.41, 5.74) is 1.59. The lowest BCUT2D eigenvalue weighted by molar-refractivity contribution is 0.371. The molecule has 0 aromatic carbocycles. The molecule has 0 spiro atoms. The van der Waals surface area contributed by atoms with Gasteiger partial charge in [0.2, 0.25) is 0 Å². The molecule has 2 unspecified atom stereocenters. The standard InChI is InChI=1S/C5H4N4.H4O5P2/c1-4-5(8-2-6-1)9-3-7-4;1-6(2)5-7(3)4/h1-3H,(H,6,7,8,9);6-7H,(H,1,2)(H,3,4). The summed E-state index contributed by atoms with van der Waals surface area (Å²) in [7, 11) is -6.40. The molecule has 2 rings (SSSR count). The van der Waals surface area contributed by atoms with Crippen molar-refractivity contribution in [3.63, 3.8) is 0 Å². The van der Waals surface area contributed by atoms with E-state index in [0.29, 0.717) is 5.65 Å². The van der Waals surface area contributed by atoms with Crippen LogP contribution in [0.15, 0.2) is 18.9 Å². The molecule has 88 valence electrons. The Labute approximate surface area is 90.4 Å². The molecule has 2 atom stereocenters. The molecule has 0 aliphatic carbocycles. The zero-order chi connectivity index (χ0) is 12.0. The maximum atomic E-state index is 9.44. The lowest BCUT2D eigenvalue weighted by Gasteiger charge is -1.86. The maximum Gasteiger partial charge on any atom is 0.323 e. The van der Waals surface area contributed by atoms with Crippen LogP contribution in [0.4, 0.5) is 0 Å². The summed E-state index contributed by atoms with van der Waals surface area (Å²) in [6.07, 6.45) is 4.76. The number of aromatic nitrogens is 4. The smallest absolute Gasteiger partial charge is 0.323 e. The predicted molar refractivity (Wildman–Crippen MR) is 55.2 cm³/mol. The van der Waals surface area contributed by atoms with Crippen molar-refractivity contribution < 1.29 is 23.2 Å². The SMILES string of the molecule is O=[PH](O)O[PH](=O)O.c1ncc2[nH]cnc2n1. The van der Waals surface area contributed by atoms with Gasteiger partial charge in [-0.2, -0.15) is 0 Å². The van der Waals surface area contributed by atoms with Crippen molar-refractivity contribution in [2.75, 3.05) is 0 Å². The average Bonchev–Trinajstić information content (AvgIpc) is 2.63. The minimum atomic E-state index is -3.20. The molecule has 2 heterocycles. The van der Waals surface area contributed by atoms with Crippen LogP contribution >= 0.6 is 16.5 Å². The molecule has 0 saturated carbocycles. The molecule has 0 aliphatic heterocycles. The first-order valence-corrected chi connectivity index (χ1v) is 6.35. The van der Waals surface area contributed by atoms with E-state index in [1.807, 2.05) is 0 Å². The molecule has 0 aliphatic rings. The van der Waals surface area contributed by atoms with E-state index in [4.69, 9.17) is 9.79 Å². The Hall–Kier alpha value is -1.11. The number of rotatable bonds is 2. The van der Waals surface area contributed by atoms with Crippen molar-refractivity contribution in [1.29, 1.82) is 0 Å². The highest BCUT2D eigenvalue weighted by atomic mass is 31.2. The molecule has 16 heavy (non-hydrogen) atoms. The Morgan fingerprint density at radius 1 is 1.25 bits per heavy atom. The summed E-state index contributed by atoms with van der Waals surface area (Å²) >= 11 is 0. The third kappa shape index (κ3) is 4.61. The van der Waals surface area contributed by atoms with Gasteiger partial charge in [-0.25, -0.2) is 19.3 Å². The van der Waals surface area contributed by atoms with Crippen LogP contribution in [0, 0.1) is 0 Å². The minimum Gasteiger partial charge on any atom is -0.342 e. The van der Waals surface area contributed by atoms with Crippen LogP contribution in [-0.2, 0) is 13.4 Å². The van der Waals surface area contributed by atoms with E-state index in [-0.39, 0.29) is 0 Å². The Kier molecular flexibility index (Phi) is 5.24. The normalized spacial score (nSPS) is 13.9. The zero-order valence-electron chi connectivity index (χ0n) is 7.69. The van der Waals surface area contributed by atoms with Gasteiger partial charge in [-0.05, 0) is 0 Å². The molecule has 11 heteroatoms. The van der Waals surface area contributed by atoms with Crippen LogP contribution in [0.3, 0.4) is 0 Å². The quantitative estimate of drug-likeness (QED) is 0.651. The lowest BCUT2D eigenvalue weighted by atomic mass is 10.6. The lowest BCUT2D eigenvalue weighted by Crippen LogP contribution is -1.76. The highest BCUT2D eigenvalue weighted by molar-refractivity contribution is 7.46. The molecule has 0 fully saturated rings. The molecular weight excluding hydrogens is 258 g/mol. The van der Waals surface area contributed by atoms with Crippen molar-refractivity contribution >= 4 is 27.7 Å².